The Morgan fingerprint density at radius 2 is 1.57 bits per heavy atom. The molecule has 2 N–H and O–H groups in total. The second-order valence-electron chi connectivity index (χ2n) is 7.90. The Labute approximate surface area is 185 Å². The van der Waals surface area contributed by atoms with E-state index in [1.54, 1.807) is 31.2 Å². The minimum atomic E-state index is -0.497. The van der Waals surface area contributed by atoms with E-state index in [0.29, 0.717) is 23.1 Å². The van der Waals surface area contributed by atoms with Crippen LogP contribution in [0.2, 0.25) is 5.02 Å². The SMILES string of the molecule is CCCCCCCCCCCCNC(=O)NC1=NN(c2ccc(Cl)cc2)C(=O)C1C. The summed E-state index contributed by atoms with van der Waals surface area (Å²) in [5, 5.41) is 11.7. The van der Waals surface area contributed by atoms with Gasteiger partial charge in [-0.25, -0.2) is 4.79 Å². The van der Waals surface area contributed by atoms with Gasteiger partial charge in [0, 0.05) is 11.6 Å². The zero-order chi connectivity index (χ0) is 21.8. The molecular weight excluding hydrogens is 400 g/mol. The summed E-state index contributed by atoms with van der Waals surface area (Å²) >= 11 is 5.90. The van der Waals surface area contributed by atoms with E-state index in [1.807, 2.05) is 0 Å². The van der Waals surface area contributed by atoms with Crippen molar-refractivity contribution in [2.45, 2.75) is 78.1 Å². The van der Waals surface area contributed by atoms with Crippen molar-refractivity contribution < 1.29 is 9.59 Å². The van der Waals surface area contributed by atoms with Gasteiger partial charge in [0.15, 0.2) is 0 Å². The highest BCUT2D eigenvalue weighted by Gasteiger charge is 2.34. The summed E-state index contributed by atoms with van der Waals surface area (Å²) in [6.45, 7) is 4.60. The van der Waals surface area contributed by atoms with Crippen molar-refractivity contribution in [3.05, 3.63) is 29.3 Å². The Balaban J connectivity index is 1.62. The molecular formula is C23H35ClN4O2. The first-order valence-electron chi connectivity index (χ1n) is 11.3. The molecule has 0 aliphatic carbocycles. The number of nitrogens with zero attached hydrogens (tertiary/aromatic N) is 2. The van der Waals surface area contributed by atoms with Crippen LogP contribution in [0.3, 0.4) is 0 Å². The zero-order valence-electron chi connectivity index (χ0n) is 18.3. The second-order valence-corrected chi connectivity index (χ2v) is 8.33. The maximum Gasteiger partial charge on any atom is 0.320 e. The molecule has 0 aromatic heterocycles. The summed E-state index contributed by atoms with van der Waals surface area (Å²) in [5.74, 6) is -0.318. The van der Waals surface area contributed by atoms with Gasteiger partial charge in [0.25, 0.3) is 5.91 Å². The average Bonchev–Trinajstić information content (AvgIpc) is 3.01. The van der Waals surface area contributed by atoms with Gasteiger partial charge in [0.1, 0.15) is 5.84 Å². The van der Waals surface area contributed by atoms with Gasteiger partial charge in [-0.1, -0.05) is 76.3 Å². The van der Waals surface area contributed by atoms with Crippen molar-refractivity contribution in [3.8, 4) is 0 Å². The minimum absolute atomic E-state index is 0.178. The Bertz CT molecular complexity index is 706. The fraction of sp³-hybridized carbons (Fsp3) is 0.609. The van der Waals surface area contributed by atoms with E-state index >= 15 is 0 Å². The highest BCUT2D eigenvalue weighted by molar-refractivity contribution is 6.30. The first-order chi connectivity index (χ1) is 14.5. The number of anilines is 1. The van der Waals surface area contributed by atoms with Gasteiger partial charge in [-0.05, 0) is 37.6 Å². The van der Waals surface area contributed by atoms with Crippen LogP contribution in [-0.4, -0.2) is 24.3 Å². The number of halogens is 1. The van der Waals surface area contributed by atoms with Gasteiger partial charge < -0.3 is 5.32 Å². The molecule has 2 rings (SSSR count). The molecule has 1 aromatic carbocycles. The number of hydrazone groups is 1. The van der Waals surface area contributed by atoms with Crippen LogP contribution in [-0.2, 0) is 4.79 Å². The van der Waals surface area contributed by atoms with Gasteiger partial charge in [-0.15, -0.1) is 0 Å². The molecule has 3 amide bonds. The summed E-state index contributed by atoms with van der Waals surface area (Å²) < 4.78 is 0. The average molecular weight is 435 g/mol. The predicted octanol–water partition coefficient (Wildman–Crippen LogP) is 5.86. The topological polar surface area (TPSA) is 73.8 Å². The van der Waals surface area contributed by atoms with Crippen LogP contribution < -0.4 is 15.6 Å². The molecule has 1 unspecified atom stereocenters. The molecule has 0 fully saturated rings. The zero-order valence-corrected chi connectivity index (χ0v) is 19.0. The van der Waals surface area contributed by atoms with E-state index < -0.39 is 5.92 Å². The molecule has 0 radical (unpaired) electrons. The van der Waals surface area contributed by atoms with Crippen LogP contribution in [0.15, 0.2) is 29.4 Å². The molecule has 1 heterocycles. The van der Waals surface area contributed by atoms with Crippen molar-refractivity contribution in [1.29, 1.82) is 0 Å². The predicted molar refractivity (Wildman–Crippen MR) is 124 cm³/mol. The van der Waals surface area contributed by atoms with Crippen molar-refractivity contribution in [2.75, 3.05) is 11.6 Å². The number of amidine groups is 1. The molecule has 7 heteroatoms. The lowest BCUT2D eigenvalue weighted by Crippen LogP contribution is -2.42. The molecule has 1 aromatic rings. The first kappa shape index (κ1) is 24.2. The molecule has 1 aliphatic heterocycles. The number of nitrogens with one attached hydrogen (secondary N) is 2. The standard InChI is InChI=1S/C23H35ClN4O2/c1-3-4-5-6-7-8-9-10-11-12-17-25-23(30)26-21-18(2)22(29)28(27-21)20-15-13-19(24)14-16-20/h13-16,18H,3-12,17H2,1-2H3,(H2,25,26,27,30). The number of carbonyl (C=O) groups excluding carboxylic acids is 2. The van der Waals surface area contributed by atoms with Crippen LogP contribution in [0.4, 0.5) is 10.5 Å². The van der Waals surface area contributed by atoms with Gasteiger partial charge in [-0.3, -0.25) is 10.1 Å². The maximum atomic E-state index is 12.4. The number of hydrogen-bond donors (Lipinski definition) is 2. The van der Waals surface area contributed by atoms with Crippen LogP contribution in [0.25, 0.3) is 0 Å². The number of urea groups is 1. The first-order valence-corrected chi connectivity index (χ1v) is 11.6. The molecule has 30 heavy (non-hydrogen) atoms. The molecule has 1 atom stereocenters. The lowest BCUT2D eigenvalue weighted by molar-refractivity contribution is -0.119. The van der Waals surface area contributed by atoms with Gasteiger partial charge in [-0.2, -0.15) is 10.1 Å². The molecule has 166 valence electrons. The lowest BCUT2D eigenvalue weighted by Gasteiger charge is -2.12. The van der Waals surface area contributed by atoms with E-state index in [2.05, 4.69) is 22.7 Å². The van der Waals surface area contributed by atoms with Gasteiger partial charge >= 0.3 is 6.03 Å². The van der Waals surface area contributed by atoms with E-state index in [0.717, 1.165) is 12.8 Å². The third-order valence-corrected chi connectivity index (χ3v) is 5.58. The number of unbranched alkanes of at least 4 members (excludes halogenated alkanes) is 9. The highest BCUT2D eigenvalue weighted by Crippen LogP contribution is 2.24. The summed E-state index contributed by atoms with van der Waals surface area (Å²) in [5.41, 5.74) is 0.624. The van der Waals surface area contributed by atoms with Crippen LogP contribution >= 0.6 is 11.6 Å². The molecule has 6 nitrogen and oxygen atoms in total. The Hall–Kier alpha value is -2.08. The van der Waals surface area contributed by atoms with E-state index in [1.165, 1.54) is 56.4 Å². The van der Waals surface area contributed by atoms with Gasteiger partial charge in [0.2, 0.25) is 0 Å². The quantitative estimate of drug-likeness (QED) is 0.404. The normalized spacial score (nSPS) is 16.0. The van der Waals surface area contributed by atoms with Crippen LogP contribution in [0.1, 0.15) is 78.1 Å². The van der Waals surface area contributed by atoms with Crippen LogP contribution in [0.5, 0.6) is 0 Å². The van der Waals surface area contributed by atoms with Crippen molar-refractivity contribution in [1.82, 2.24) is 10.6 Å². The third-order valence-electron chi connectivity index (χ3n) is 5.33. The van der Waals surface area contributed by atoms with E-state index in [9.17, 15) is 9.59 Å². The lowest BCUT2D eigenvalue weighted by atomic mass is 10.1. The fourth-order valence-electron chi connectivity index (χ4n) is 3.42. The number of amides is 3. The minimum Gasteiger partial charge on any atom is -0.338 e. The number of carbonyl (C=O) groups is 2. The Morgan fingerprint density at radius 3 is 2.17 bits per heavy atom. The van der Waals surface area contributed by atoms with Crippen LogP contribution in [0, 0.1) is 5.92 Å². The number of hydrogen-bond acceptors (Lipinski definition) is 3. The second kappa shape index (κ2) is 13.3. The third kappa shape index (κ3) is 7.98. The smallest absolute Gasteiger partial charge is 0.320 e. The summed E-state index contributed by atoms with van der Waals surface area (Å²) in [6, 6.07) is 6.54. The molecule has 0 saturated heterocycles. The number of rotatable bonds is 12. The molecule has 0 saturated carbocycles. The fourth-order valence-corrected chi connectivity index (χ4v) is 3.55. The van der Waals surface area contributed by atoms with Crippen molar-refractivity contribution in [3.63, 3.8) is 0 Å². The Morgan fingerprint density at radius 1 is 1.00 bits per heavy atom. The van der Waals surface area contributed by atoms with E-state index in [-0.39, 0.29) is 11.9 Å². The maximum absolute atomic E-state index is 12.4. The molecule has 1 aliphatic rings. The molecule has 0 bridgehead atoms. The Kier molecular flexibility index (Phi) is 10.7. The summed E-state index contributed by atoms with van der Waals surface area (Å²) in [4.78, 5) is 24.6. The van der Waals surface area contributed by atoms with Gasteiger partial charge in [0.05, 0.1) is 11.6 Å². The summed E-state index contributed by atoms with van der Waals surface area (Å²) in [7, 11) is 0. The van der Waals surface area contributed by atoms with E-state index in [4.69, 9.17) is 11.6 Å². The molecule has 0 spiro atoms. The summed E-state index contributed by atoms with van der Waals surface area (Å²) in [6.07, 6.45) is 12.6. The monoisotopic (exact) mass is 434 g/mol. The van der Waals surface area contributed by atoms with Crippen molar-refractivity contribution >= 4 is 35.1 Å². The number of benzene rings is 1. The van der Waals surface area contributed by atoms with Crippen molar-refractivity contribution in [2.24, 2.45) is 11.0 Å². The largest absolute Gasteiger partial charge is 0.338 e. The highest BCUT2D eigenvalue weighted by atomic mass is 35.5.